The molecule has 180 valence electrons. The van der Waals surface area contributed by atoms with Crippen LogP contribution in [0.3, 0.4) is 0 Å². The first-order valence-corrected chi connectivity index (χ1v) is 11.9. The van der Waals surface area contributed by atoms with Crippen molar-refractivity contribution in [1.29, 1.82) is 0 Å². The predicted octanol–water partition coefficient (Wildman–Crippen LogP) is 5.60. The van der Waals surface area contributed by atoms with E-state index < -0.39 is 11.1 Å². The summed E-state index contributed by atoms with van der Waals surface area (Å²) in [5.74, 6) is 1.07. The highest BCUT2D eigenvalue weighted by Crippen LogP contribution is 2.32. The molecule has 4 aromatic rings. The summed E-state index contributed by atoms with van der Waals surface area (Å²) in [7, 11) is 1.54. The standard InChI is InChI=1S/C26H25FN4O3S/c1-4-34-19-15-13-18(14-16-19)24-29-30-26(31(24)22-11-7-5-9-20(22)27)35-17(2)25(32)28-21-10-6-8-12-23(21)33-3/h5-17H,4H2,1-3H3,(H,28,32). The summed E-state index contributed by atoms with van der Waals surface area (Å²) in [5, 5.41) is 11.4. The van der Waals surface area contributed by atoms with Crippen molar-refractivity contribution in [3.63, 3.8) is 0 Å². The van der Waals surface area contributed by atoms with Gasteiger partial charge in [0.1, 0.15) is 17.3 Å². The van der Waals surface area contributed by atoms with E-state index in [1.54, 1.807) is 48.9 Å². The Balaban J connectivity index is 1.66. The summed E-state index contributed by atoms with van der Waals surface area (Å²) < 4.78 is 27.3. The van der Waals surface area contributed by atoms with Gasteiger partial charge in [0.25, 0.3) is 0 Å². The Morgan fingerprint density at radius 2 is 1.77 bits per heavy atom. The minimum Gasteiger partial charge on any atom is -0.495 e. The first kappa shape index (κ1) is 24.3. The number of para-hydroxylation sites is 3. The monoisotopic (exact) mass is 492 g/mol. The fraction of sp³-hybridized carbons (Fsp3) is 0.192. The summed E-state index contributed by atoms with van der Waals surface area (Å²) in [4.78, 5) is 12.9. The Morgan fingerprint density at radius 3 is 2.49 bits per heavy atom. The lowest BCUT2D eigenvalue weighted by atomic mass is 10.2. The first-order valence-electron chi connectivity index (χ1n) is 11.1. The van der Waals surface area contributed by atoms with Crippen LogP contribution < -0.4 is 14.8 Å². The maximum absolute atomic E-state index is 14.9. The van der Waals surface area contributed by atoms with Crippen LogP contribution in [0.25, 0.3) is 17.1 Å². The molecule has 0 saturated carbocycles. The summed E-state index contributed by atoms with van der Waals surface area (Å²) >= 11 is 1.19. The van der Waals surface area contributed by atoms with Crippen LogP contribution in [0, 0.1) is 5.82 Å². The van der Waals surface area contributed by atoms with Gasteiger partial charge in [0.2, 0.25) is 5.91 Å². The SMILES string of the molecule is CCOc1ccc(-c2nnc(SC(C)C(=O)Nc3ccccc3OC)n2-c2ccccc2F)cc1. The van der Waals surface area contributed by atoms with Gasteiger partial charge in [0.05, 0.1) is 30.3 Å². The fourth-order valence-corrected chi connectivity index (χ4v) is 4.30. The van der Waals surface area contributed by atoms with E-state index in [0.29, 0.717) is 34.7 Å². The van der Waals surface area contributed by atoms with Crippen molar-refractivity contribution in [2.24, 2.45) is 0 Å². The third-order valence-corrected chi connectivity index (χ3v) is 6.21. The van der Waals surface area contributed by atoms with Crippen LogP contribution in [0.5, 0.6) is 11.5 Å². The van der Waals surface area contributed by atoms with Gasteiger partial charge in [-0.25, -0.2) is 4.39 Å². The van der Waals surface area contributed by atoms with E-state index in [-0.39, 0.29) is 5.91 Å². The second-order valence-electron chi connectivity index (χ2n) is 7.50. The minimum atomic E-state index is -0.553. The van der Waals surface area contributed by atoms with Crippen molar-refractivity contribution in [2.45, 2.75) is 24.3 Å². The van der Waals surface area contributed by atoms with Crippen molar-refractivity contribution in [2.75, 3.05) is 19.0 Å². The number of benzene rings is 3. The zero-order valence-electron chi connectivity index (χ0n) is 19.6. The third-order valence-electron chi connectivity index (χ3n) is 5.17. The van der Waals surface area contributed by atoms with Gasteiger partial charge in [0, 0.05) is 5.56 Å². The third kappa shape index (κ3) is 5.46. The quantitative estimate of drug-likeness (QED) is 0.307. The lowest BCUT2D eigenvalue weighted by molar-refractivity contribution is -0.115. The van der Waals surface area contributed by atoms with Gasteiger partial charge in [-0.15, -0.1) is 10.2 Å². The lowest BCUT2D eigenvalue weighted by Crippen LogP contribution is -2.23. The lowest BCUT2D eigenvalue weighted by Gasteiger charge is -2.15. The zero-order valence-corrected chi connectivity index (χ0v) is 20.4. The van der Waals surface area contributed by atoms with Gasteiger partial charge in [-0.1, -0.05) is 36.0 Å². The molecule has 1 unspecified atom stereocenters. The topological polar surface area (TPSA) is 78.3 Å². The van der Waals surface area contributed by atoms with Crippen LogP contribution in [0.4, 0.5) is 10.1 Å². The number of nitrogens with zero attached hydrogens (tertiary/aromatic N) is 3. The molecule has 35 heavy (non-hydrogen) atoms. The fourth-order valence-electron chi connectivity index (χ4n) is 3.44. The number of aromatic nitrogens is 3. The Morgan fingerprint density at radius 1 is 1.06 bits per heavy atom. The van der Waals surface area contributed by atoms with Crippen LogP contribution >= 0.6 is 11.8 Å². The number of carbonyl (C=O) groups excluding carboxylic acids is 1. The molecule has 0 aliphatic carbocycles. The highest BCUT2D eigenvalue weighted by Gasteiger charge is 2.24. The van der Waals surface area contributed by atoms with Gasteiger partial charge in [-0.2, -0.15) is 0 Å². The first-order chi connectivity index (χ1) is 17.0. The van der Waals surface area contributed by atoms with Gasteiger partial charge in [-0.3, -0.25) is 9.36 Å². The van der Waals surface area contributed by atoms with Crippen LogP contribution in [0.1, 0.15) is 13.8 Å². The number of anilines is 1. The number of hydrogen-bond donors (Lipinski definition) is 1. The number of hydrogen-bond acceptors (Lipinski definition) is 6. The van der Waals surface area contributed by atoms with E-state index in [1.807, 2.05) is 43.3 Å². The van der Waals surface area contributed by atoms with Gasteiger partial charge in [0.15, 0.2) is 11.0 Å². The molecule has 0 spiro atoms. The minimum absolute atomic E-state index is 0.245. The summed E-state index contributed by atoms with van der Waals surface area (Å²) in [5.41, 5.74) is 1.60. The Hall–Kier alpha value is -3.85. The molecule has 0 aliphatic rings. The molecule has 0 aliphatic heterocycles. The molecule has 0 bridgehead atoms. The van der Waals surface area contributed by atoms with Crippen molar-refractivity contribution in [1.82, 2.24) is 14.8 Å². The number of methoxy groups -OCH3 is 1. The molecule has 1 atom stereocenters. The van der Waals surface area contributed by atoms with Crippen LogP contribution in [-0.4, -0.2) is 39.6 Å². The highest BCUT2D eigenvalue weighted by molar-refractivity contribution is 8.00. The van der Waals surface area contributed by atoms with Gasteiger partial charge in [-0.05, 0) is 62.4 Å². The molecule has 3 aromatic carbocycles. The van der Waals surface area contributed by atoms with Crippen molar-refractivity contribution in [3.8, 4) is 28.6 Å². The van der Waals surface area contributed by atoms with E-state index >= 15 is 0 Å². The zero-order chi connectivity index (χ0) is 24.8. The number of thioether (sulfide) groups is 1. The van der Waals surface area contributed by atoms with Crippen molar-refractivity contribution < 1.29 is 18.7 Å². The molecule has 0 radical (unpaired) electrons. The molecule has 9 heteroatoms. The van der Waals surface area contributed by atoms with E-state index in [0.717, 1.165) is 11.3 Å². The average molecular weight is 493 g/mol. The molecular weight excluding hydrogens is 467 g/mol. The average Bonchev–Trinajstić information content (AvgIpc) is 3.28. The molecule has 0 saturated heterocycles. The van der Waals surface area contributed by atoms with E-state index in [4.69, 9.17) is 9.47 Å². The molecule has 0 fully saturated rings. The molecule has 1 amide bonds. The number of amides is 1. The number of ether oxygens (including phenoxy) is 2. The Kier molecular flexibility index (Phi) is 7.67. The Bertz CT molecular complexity index is 1310. The summed E-state index contributed by atoms with van der Waals surface area (Å²) in [6.45, 7) is 4.23. The highest BCUT2D eigenvalue weighted by atomic mass is 32.2. The number of rotatable bonds is 9. The normalized spacial score (nSPS) is 11.7. The second kappa shape index (κ2) is 11.1. The largest absolute Gasteiger partial charge is 0.495 e. The molecule has 1 aromatic heterocycles. The van der Waals surface area contributed by atoms with Crippen LogP contribution in [0.2, 0.25) is 0 Å². The predicted molar refractivity (Wildman–Crippen MR) is 135 cm³/mol. The molecule has 1 heterocycles. The summed E-state index contributed by atoms with van der Waals surface area (Å²) in [6.07, 6.45) is 0. The maximum Gasteiger partial charge on any atom is 0.237 e. The van der Waals surface area contributed by atoms with Gasteiger partial charge < -0.3 is 14.8 Å². The number of carbonyl (C=O) groups is 1. The molecular formula is C26H25FN4O3S. The second-order valence-corrected chi connectivity index (χ2v) is 8.81. The van der Waals surface area contributed by atoms with E-state index in [2.05, 4.69) is 15.5 Å². The molecule has 7 nitrogen and oxygen atoms in total. The Labute approximate surface area is 207 Å². The van der Waals surface area contributed by atoms with Crippen molar-refractivity contribution >= 4 is 23.4 Å². The number of halogens is 1. The van der Waals surface area contributed by atoms with Crippen molar-refractivity contribution in [3.05, 3.63) is 78.6 Å². The van der Waals surface area contributed by atoms with E-state index in [9.17, 15) is 9.18 Å². The molecule has 4 rings (SSSR count). The number of nitrogens with one attached hydrogen (secondary N) is 1. The van der Waals surface area contributed by atoms with Gasteiger partial charge >= 0.3 is 0 Å². The van der Waals surface area contributed by atoms with Crippen LogP contribution in [-0.2, 0) is 4.79 Å². The molecule has 1 N–H and O–H groups in total. The maximum atomic E-state index is 14.9. The van der Waals surface area contributed by atoms with E-state index in [1.165, 1.54) is 17.8 Å². The smallest absolute Gasteiger partial charge is 0.237 e. The summed E-state index contributed by atoms with van der Waals surface area (Å²) in [6, 6.07) is 20.9. The van der Waals surface area contributed by atoms with Crippen LogP contribution in [0.15, 0.2) is 78.0 Å².